The van der Waals surface area contributed by atoms with Gasteiger partial charge in [-0.15, -0.1) is 0 Å². The summed E-state index contributed by atoms with van der Waals surface area (Å²) < 4.78 is 51.3. The van der Waals surface area contributed by atoms with Crippen LogP contribution in [0.25, 0.3) is 0 Å². The number of aliphatic hydroxyl groups is 1. The molecule has 1 rings (SSSR count). The first-order valence-corrected chi connectivity index (χ1v) is 6.84. The molecule has 2 N–H and O–H groups in total. The molecule has 1 unspecified atom stereocenters. The Balaban J connectivity index is 2.86. The van der Waals surface area contributed by atoms with Gasteiger partial charge in [-0.2, -0.15) is 0 Å². The fourth-order valence-electron chi connectivity index (χ4n) is 1.20. The summed E-state index contributed by atoms with van der Waals surface area (Å²) in [6.07, 6.45) is -0.863. The molecule has 1 aromatic rings. The second-order valence-corrected chi connectivity index (χ2v) is 6.04. The summed E-state index contributed by atoms with van der Waals surface area (Å²) in [5.74, 6) is -2.07. The summed E-state index contributed by atoms with van der Waals surface area (Å²) >= 11 is 0. The Kier molecular flexibility index (Phi) is 4.78. The number of nitrogens with one attached hydrogen (secondary N) is 1. The van der Waals surface area contributed by atoms with Crippen LogP contribution < -0.4 is 4.72 Å². The zero-order chi connectivity index (χ0) is 13.9. The molecule has 0 aliphatic heterocycles. The van der Waals surface area contributed by atoms with Gasteiger partial charge in [0.1, 0.15) is 11.6 Å². The van der Waals surface area contributed by atoms with Crippen molar-refractivity contribution < 1.29 is 22.3 Å². The topological polar surface area (TPSA) is 66.4 Å². The minimum Gasteiger partial charge on any atom is -0.391 e. The predicted octanol–water partition coefficient (Wildman–Crippen LogP) is 1.26. The summed E-state index contributed by atoms with van der Waals surface area (Å²) in [6.45, 7) is 3.24. The van der Waals surface area contributed by atoms with Crippen LogP contribution in [0.15, 0.2) is 23.1 Å². The van der Waals surface area contributed by atoms with Crippen molar-refractivity contribution in [3.8, 4) is 0 Å². The number of hydrogen-bond donors (Lipinski definition) is 2. The molecular weight excluding hydrogens is 264 g/mol. The van der Waals surface area contributed by atoms with E-state index in [4.69, 9.17) is 0 Å². The van der Waals surface area contributed by atoms with Crippen LogP contribution in [-0.4, -0.2) is 26.2 Å². The van der Waals surface area contributed by atoms with Crippen molar-refractivity contribution in [1.29, 1.82) is 0 Å². The highest BCUT2D eigenvalue weighted by molar-refractivity contribution is 7.89. The number of benzene rings is 1. The zero-order valence-electron chi connectivity index (χ0n) is 10.0. The van der Waals surface area contributed by atoms with Gasteiger partial charge in [-0.3, -0.25) is 0 Å². The highest BCUT2D eigenvalue weighted by Gasteiger charge is 2.18. The third-order valence-corrected chi connectivity index (χ3v) is 3.80. The minimum absolute atomic E-state index is 0.128. The van der Waals surface area contributed by atoms with E-state index in [1.54, 1.807) is 13.8 Å². The molecule has 0 amide bonds. The van der Waals surface area contributed by atoms with Crippen molar-refractivity contribution in [2.24, 2.45) is 5.92 Å². The lowest BCUT2D eigenvalue weighted by Gasteiger charge is -2.15. The average molecular weight is 279 g/mol. The quantitative estimate of drug-likeness (QED) is 0.852. The summed E-state index contributed by atoms with van der Waals surface area (Å²) in [7, 11) is -4.02. The Labute approximate surface area is 105 Å². The zero-order valence-corrected chi connectivity index (χ0v) is 10.8. The molecule has 1 aromatic carbocycles. The van der Waals surface area contributed by atoms with Gasteiger partial charge in [0.15, 0.2) is 0 Å². The van der Waals surface area contributed by atoms with E-state index >= 15 is 0 Å². The molecule has 0 heterocycles. The maximum Gasteiger partial charge on any atom is 0.240 e. The number of aliphatic hydroxyl groups excluding tert-OH is 1. The third kappa shape index (κ3) is 4.01. The fourth-order valence-corrected chi connectivity index (χ4v) is 2.29. The van der Waals surface area contributed by atoms with E-state index in [2.05, 4.69) is 4.72 Å². The molecule has 0 aromatic heterocycles. The molecule has 0 fully saturated rings. The predicted molar refractivity (Wildman–Crippen MR) is 62.4 cm³/mol. The second kappa shape index (κ2) is 5.73. The first kappa shape index (κ1) is 15.0. The van der Waals surface area contributed by atoms with Crippen molar-refractivity contribution >= 4 is 10.0 Å². The van der Waals surface area contributed by atoms with Gasteiger partial charge in [0.05, 0.1) is 11.0 Å². The monoisotopic (exact) mass is 279 g/mol. The lowest BCUT2D eigenvalue weighted by molar-refractivity contribution is 0.129. The molecule has 0 spiro atoms. The van der Waals surface area contributed by atoms with Crippen LogP contribution in [0, 0.1) is 17.6 Å². The maximum atomic E-state index is 12.9. The second-order valence-electron chi connectivity index (χ2n) is 4.27. The maximum absolute atomic E-state index is 12.9. The summed E-state index contributed by atoms with van der Waals surface area (Å²) in [6, 6.07) is 2.02. The minimum atomic E-state index is -4.02. The van der Waals surface area contributed by atoms with E-state index in [-0.39, 0.29) is 12.5 Å². The van der Waals surface area contributed by atoms with Gasteiger partial charge in [0, 0.05) is 12.6 Å². The molecule has 18 heavy (non-hydrogen) atoms. The third-order valence-electron chi connectivity index (χ3n) is 2.40. The lowest BCUT2D eigenvalue weighted by atomic mass is 10.1. The SMILES string of the molecule is CC(C)C(O)CNS(=O)(=O)c1cc(F)cc(F)c1. The molecule has 0 aliphatic carbocycles. The molecule has 4 nitrogen and oxygen atoms in total. The van der Waals surface area contributed by atoms with Gasteiger partial charge in [-0.1, -0.05) is 13.8 Å². The summed E-state index contributed by atoms with van der Waals surface area (Å²) in [4.78, 5) is -0.504. The van der Waals surface area contributed by atoms with Crippen molar-refractivity contribution in [2.45, 2.75) is 24.8 Å². The summed E-state index contributed by atoms with van der Waals surface area (Å²) in [5.41, 5.74) is 0. The van der Waals surface area contributed by atoms with Gasteiger partial charge < -0.3 is 5.11 Å². The molecule has 7 heteroatoms. The van der Waals surface area contributed by atoms with Crippen LogP contribution >= 0.6 is 0 Å². The van der Waals surface area contributed by atoms with Crippen LogP contribution in [0.4, 0.5) is 8.78 Å². The molecule has 0 bridgehead atoms. The van der Waals surface area contributed by atoms with Crippen molar-refractivity contribution in [3.05, 3.63) is 29.8 Å². The standard InChI is InChI=1S/C11H15F2NO3S/c1-7(2)11(15)6-14-18(16,17)10-4-8(12)3-9(13)5-10/h3-5,7,11,14-15H,6H2,1-2H3. The number of rotatable bonds is 5. The van der Waals surface area contributed by atoms with Gasteiger partial charge in [-0.25, -0.2) is 21.9 Å². The lowest BCUT2D eigenvalue weighted by Crippen LogP contribution is -2.34. The molecule has 0 saturated carbocycles. The summed E-state index contributed by atoms with van der Waals surface area (Å²) in [5, 5.41) is 9.47. The van der Waals surface area contributed by atoms with Gasteiger partial charge in [-0.05, 0) is 18.1 Å². The van der Waals surface area contributed by atoms with E-state index < -0.39 is 32.7 Å². The van der Waals surface area contributed by atoms with E-state index in [9.17, 15) is 22.3 Å². The smallest absolute Gasteiger partial charge is 0.240 e. The molecule has 102 valence electrons. The van der Waals surface area contributed by atoms with Crippen LogP contribution in [-0.2, 0) is 10.0 Å². The van der Waals surface area contributed by atoms with Gasteiger partial charge in [0.25, 0.3) is 0 Å². The normalized spacial score (nSPS) is 13.9. The molecule has 0 radical (unpaired) electrons. The molecule has 0 aliphatic rings. The number of hydrogen-bond acceptors (Lipinski definition) is 3. The van der Waals surface area contributed by atoms with E-state index in [1.165, 1.54) is 0 Å². The Morgan fingerprint density at radius 1 is 1.22 bits per heavy atom. The Morgan fingerprint density at radius 3 is 2.17 bits per heavy atom. The fraction of sp³-hybridized carbons (Fsp3) is 0.455. The molecule has 1 atom stereocenters. The largest absolute Gasteiger partial charge is 0.391 e. The highest BCUT2D eigenvalue weighted by atomic mass is 32.2. The first-order valence-electron chi connectivity index (χ1n) is 5.36. The van der Waals surface area contributed by atoms with Crippen LogP contribution in [0.1, 0.15) is 13.8 Å². The van der Waals surface area contributed by atoms with Crippen LogP contribution in [0.3, 0.4) is 0 Å². The Morgan fingerprint density at radius 2 is 1.72 bits per heavy atom. The average Bonchev–Trinajstić information content (AvgIpc) is 2.24. The van der Waals surface area contributed by atoms with Crippen LogP contribution in [0.2, 0.25) is 0 Å². The highest BCUT2D eigenvalue weighted by Crippen LogP contribution is 2.13. The Hall–Kier alpha value is -1.05. The molecule has 0 saturated heterocycles. The Bertz CT molecular complexity index is 497. The van der Waals surface area contributed by atoms with Gasteiger partial charge in [0.2, 0.25) is 10.0 Å². The first-order chi connectivity index (χ1) is 8.22. The van der Waals surface area contributed by atoms with E-state index in [1.807, 2.05) is 0 Å². The van der Waals surface area contributed by atoms with E-state index in [0.29, 0.717) is 18.2 Å². The van der Waals surface area contributed by atoms with Crippen molar-refractivity contribution in [3.63, 3.8) is 0 Å². The molecular formula is C11H15F2NO3S. The number of sulfonamides is 1. The van der Waals surface area contributed by atoms with Crippen molar-refractivity contribution in [1.82, 2.24) is 4.72 Å². The van der Waals surface area contributed by atoms with E-state index in [0.717, 1.165) is 0 Å². The van der Waals surface area contributed by atoms with Crippen LogP contribution in [0.5, 0.6) is 0 Å². The number of halogens is 2. The van der Waals surface area contributed by atoms with Crippen molar-refractivity contribution in [2.75, 3.05) is 6.54 Å². The van der Waals surface area contributed by atoms with Gasteiger partial charge >= 0.3 is 0 Å².